The van der Waals surface area contributed by atoms with E-state index in [4.69, 9.17) is 14.2 Å². The summed E-state index contributed by atoms with van der Waals surface area (Å²) in [6.45, 7) is 6.94. The van der Waals surface area contributed by atoms with E-state index in [1.165, 1.54) is 61.0 Å². The predicted octanol–water partition coefficient (Wildman–Crippen LogP) is 6.66. The normalized spacial score (nSPS) is 11.5. The molecule has 0 amide bonds. The zero-order valence-corrected chi connectivity index (χ0v) is 22.7. The molecule has 0 heterocycles. The molecule has 0 aliphatic rings. The number of methoxy groups -OCH3 is 3. The molecule has 0 N–H and O–H groups in total. The fraction of sp³-hybridized carbons (Fsp3) is 0.727. The third-order valence-electron chi connectivity index (χ3n) is 5.61. The first-order valence-corrected chi connectivity index (χ1v) is 19.1. The van der Waals surface area contributed by atoms with Gasteiger partial charge in [-0.2, -0.15) is 0 Å². The predicted molar refractivity (Wildman–Crippen MR) is 123 cm³/mol. The zero-order chi connectivity index (χ0) is 20.3. The molecule has 0 spiro atoms. The van der Waals surface area contributed by atoms with Crippen molar-refractivity contribution in [3.63, 3.8) is 0 Å². The van der Waals surface area contributed by atoms with Gasteiger partial charge >= 0.3 is 180 Å². The first kappa shape index (κ1) is 24.9. The monoisotopic (exact) mass is 550 g/mol. The minimum absolute atomic E-state index is 0.769. The van der Waals surface area contributed by atoms with Crippen LogP contribution in [0, 0.1) is 0 Å². The molecule has 156 valence electrons. The van der Waals surface area contributed by atoms with Crippen molar-refractivity contribution in [2.45, 2.75) is 77.9 Å². The van der Waals surface area contributed by atoms with E-state index in [0.29, 0.717) is 0 Å². The molecule has 5 heteroatoms. The molecule has 0 fully saturated rings. The van der Waals surface area contributed by atoms with E-state index in [9.17, 15) is 0 Å². The molecule has 0 aliphatic heterocycles. The molecule has 0 saturated carbocycles. The van der Waals surface area contributed by atoms with Gasteiger partial charge in [-0.1, -0.05) is 0 Å². The van der Waals surface area contributed by atoms with Crippen LogP contribution >= 0.6 is 15.9 Å². The Labute approximate surface area is 179 Å². The molecule has 0 radical (unpaired) electrons. The van der Waals surface area contributed by atoms with Crippen molar-refractivity contribution in [2.75, 3.05) is 21.3 Å². The molecule has 0 atom stereocenters. The number of halogens is 1. The fourth-order valence-electron chi connectivity index (χ4n) is 4.19. The van der Waals surface area contributed by atoms with Crippen LogP contribution in [0.4, 0.5) is 0 Å². The first-order valence-electron chi connectivity index (χ1n) is 10.5. The molecule has 3 nitrogen and oxygen atoms in total. The van der Waals surface area contributed by atoms with Gasteiger partial charge in [-0.3, -0.25) is 0 Å². The molecular formula is C22H39BrO3Sn. The Hall–Kier alpha value is -0.101. The van der Waals surface area contributed by atoms with Crippen LogP contribution in [0.15, 0.2) is 6.07 Å². The van der Waals surface area contributed by atoms with Crippen molar-refractivity contribution < 1.29 is 14.2 Å². The van der Waals surface area contributed by atoms with Gasteiger partial charge in [0.15, 0.2) is 0 Å². The van der Waals surface area contributed by atoms with Crippen molar-refractivity contribution in [3.05, 3.63) is 11.6 Å². The standard InChI is InChI=1S/C10H12BrO3.3C4H9.Sn/c1-12-8-4-7(6-11)5-9(13-2)10(8)14-3;3*1-3-4-2;/h4H,6H2,1-3H3;3*1,3-4H2,2H3;. The van der Waals surface area contributed by atoms with Crippen LogP contribution in [0.25, 0.3) is 0 Å². The number of benzene rings is 1. The number of rotatable bonds is 14. The molecule has 0 saturated heterocycles. The van der Waals surface area contributed by atoms with Gasteiger partial charge in [0.1, 0.15) is 0 Å². The van der Waals surface area contributed by atoms with Gasteiger partial charge in [-0.25, -0.2) is 0 Å². The summed E-state index contributed by atoms with van der Waals surface area (Å²) in [6.07, 6.45) is 7.75. The fourth-order valence-corrected chi connectivity index (χ4v) is 22.9. The Balaban J connectivity index is 3.74. The van der Waals surface area contributed by atoms with Crippen molar-refractivity contribution in [3.8, 4) is 17.2 Å². The maximum absolute atomic E-state index is 6.02. The average Bonchev–Trinajstić information content (AvgIpc) is 2.71. The Morgan fingerprint density at radius 1 is 0.778 bits per heavy atom. The van der Waals surface area contributed by atoms with Crippen molar-refractivity contribution in [1.82, 2.24) is 0 Å². The maximum atomic E-state index is 6.02. The van der Waals surface area contributed by atoms with E-state index in [0.717, 1.165) is 22.6 Å². The molecule has 27 heavy (non-hydrogen) atoms. The molecular weight excluding hydrogens is 511 g/mol. The van der Waals surface area contributed by atoms with Gasteiger partial charge < -0.3 is 0 Å². The van der Waals surface area contributed by atoms with Crippen LogP contribution in [-0.4, -0.2) is 39.7 Å². The van der Waals surface area contributed by atoms with Gasteiger partial charge in [0.05, 0.1) is 0 Å². The molecule has 1 aromatic carbocycles. The van der Waals surface area contributed by atoms with Crippen LogP contribution in [0.2, 0.25) is 13.3 Å². The van der Waals surface area contributed by atoms with Crippen molar-refractivity contribution in [1.29, 1.82) is 0 Å². The van der Waals surface area contributed by atoms with Crippen LogP contribution in [0.3, 0.4) is 0 Å². The van der Waals surface area contributed by atoms with E-state index in [-0.39, 0.29) is 0 Å². The molecule has 0 bridgehead atoms. The quantitative estimate of drug-likeness (QED) is 0.192. The topological polar surface area (TPSA) is 27.7 Å². The van der Waals surface area contributed by atoms with Crippen molar-refractivity contribution in [2.24, 2.45) is 0 Å². The molecule has 0 aromatic heterocycles. The Morgan fingerprint density at radius 3 is 1.59 bits per heavy atom. The van der Waals surface area contributed by atoms with E-state index in [2.05, 4.69) is 42.8 Å². The third-order valence-corrected chi connectivity index (χ3v) is 22.0. The van der Waals surface area contributed by atoms with Crippen LogP contribution in [0.5, 0.6) is 17.2 Å². The van der Waals surface area contributed by atoms with Gasteiger partial charge in [0.25, 0.3) is 0 Å². The summed E-state index contributed by atoms with van der Waals surface area (Å²) in [5, 5.41) is 0.835. The zero-order valence-electron chi connectivity index (χ0n) is 18.3. The Morgan fingerprint density at radius 2 is 1.26 bits per heavy atom. The van der Waals surface area contributed by atoms with Gasteiger partial charge in [-0.15, -0.1) is 0 Å². The van der Waals surface area contributed by atoms with Gasteiger partial charge in [-0.05, 0) is 0 Å². The minimum atomic E-state index is -2.69. The molecule has 1 rings (SSSR count). The Kier molecular flexibility index (Phi) is 12.2. The summed E-state index contributed by atoms with van der Waals surface area (Å²) in [7, 11) is 5.21. The van der Waals surface area contributed by atoms with Crippen LogP contribution in [0.1, 0.15) is 64.9 Å². The van der Waals surface area contributed by atoms with Crippen molar-refractivity contribution >= 4 is 37.9 Å². The second kappa shape index (κ2) is 13.2. The summed E-state index contributed by atoms with van der Waals surface area (Å²) in [5.74, 6) is 2.49. The van der Waals surface area contributed by atoms with Gasteiger partial charge in [0, 0.05) is 0 Å². The summed E-state index contributed by atoms with van der Waals surface area (Å²) in [4.78, 5) is 0. The van der Waals surface area contributed by atoms with E-state index in [1.54, 1.807) is 21.3 Å². The SMILES string of the molecule is CCC[CH2][Sn]([CH2]CCC)([CH2]CCC)[c]1c(CBr)cc(OC)c(OC)c1OC. The molecule has 1 aromatic rings. The van der Waals surface area contributed by atoms with E-state index < -0.39 is 18.4 Å². The number of alkyl halides is 1. The number of hydrogen-bond donors (Lipinski definition) is 0. The molecule has 0 unspecified atom stereocenters. The summed E-state index contributed by atoms with van der Waals surface area (Å²) < 4.78 is 23.2. The number of unbranched alkanes of at least 4 members (excludes halogenated alkanes) is 3. The van der Waals surface area contributed by atoms with Gasteiger partial charge in [0.2, 0.25) is 0 Å². The second-order valence-electron chi connectivity index (χ2n) is 7.40. The number of ether oxygens (including phenoxy) is 3. The summed E-state index contributed by atoms with van der Waals surface area (Å²) in [5.41, 5.74) is 1.35. The average molecular weight is 550 g/mol. The summed E-state index contributed by atoms with van der Waals surface area (Å²) >= 11 is 1.07. The van der Waals surface area contributed by atoms with Crippen LogP contribution < -0.4 is 17.8 Å². The first-order chi connectivity index (χ1) is 13.1. The van der Waals surface area contributed by atoms with Crippen LogP contribution in [-0.2, 0) is 5.33 Å². The number of hydrogen-bond acceptors (Lipinski definition) is 3. The second-order valence-corrected chi connectivity index (χ2v) is 21.0. The van der Waals surface area contributed by atoms with E-state index >= 15 is 0 Å². The Bertz CT molecular complexity index is 541. The molecule has 0 aliphatic carbocycles. The third kappa shape index (κ3) is 6.19. The summed E-state index contributed by atoms with van der Waals surface area (Å²) in [6, 6.07) is 2.18. The van der Waals surface area contributed by atoms with E-state index in [1.807, 2.05) is 0 Å².